The lowest BCUT2D eigenvalue weighted by atomic mass is 9.96. The summed E-state index contributed by atoms with van der Waals surface area (Å²) in [7, 11) is 0. The molecule has 1 amide bonds. The molecule has 102 valence electrons. The van der Waals surface area contributed by atoms with Crippen LogP contribution >= 0.6 is 11.6 Å². The Morgan fingerprint density at radius 3 is 2.42 bits per heavy atom. The van der Waals surface area contributed by atoms with Gasteiger partial charge >= 0.3 is 5.97 Å². The highest BCUT2D eigenvalue weighted by Gasteiger charge is 2.23. The number of hydrogen-bond acceptors (Lipinski definition) is 3. The van der Waals surface area contributed by atoms with Crippen LogP contribution in [0.25, 0.3) is 0 Å². The van der Waals surface area contributed by atoms with Gasteiger partial charge in [-0.1, -0.05) is 11.6 Å². The number of hydrogen-bond donors (Lipinski definition) is 2. The van der Waals surface area contributed by atoms with Crippen LogP contribution in [0.1, 0.15) is 23.2 Å². The number of nitrogens with two attached hydrogens (primary N) is 1. The van der Waals surface area contributed by atoms with Crippen LogP contribution in [0.15, 0.2) is 18.2 Å². The molecular weight excluding hydrogens is 268 g/mol. The Kier molecular flexibility index (Phi) is 3.95. The molecule has 2 rings (SSSR count). The summed E-state index contributed by atoms with van der Waals surface area (Å²) in [6, 6.07) is 4.88. The molecule has 3 N–H and O–H groups in total. The lowest BCUT2D eigenvalue weighted by Crippen LogP contribution is -2.38. The first-order valence-electron chi connectivity index (χ1n) is 6.06. The molecule has 0 aliphatic carbocycles. The zero-order valence-electron chi connectivity index (χ0n) is 10.3. The summed E-state index contributed by atoms with van der Waals surface area (Å²) in [5.74, 6) is -1.35. The maximum absolute atomic E-state index is 11.1. The van der Waals surface area contributed by atoms with E-state index in [0.717, 1.165) is 18.8 Å². The highest BCUT2D eigenvalue weighted by atomic mass is 35.5. The number of anilines is 1. The molecule has 0 bridgehead atoms. The molecule has 19 heavy (non-hydrogen) atoms. The van der Waals surface area contributed by atoms with Gasteiger partial charge in [0.15, 0.2) is 0 Å². The van der Waals surface area contributed by atoms with Gasteiger partial charge in [-0.3, -0.25) is 4.79 Å². The first-order chi connectivity index (χ1) is 8.99. The molecule has 0 atom stereocenters. The summed E-state index contributed by atoms with van der Waals surface area (Å²) in [4.78, 5) is 24.0. The van der Waals surface area contributed by atoms with Gasteiger partial charge in [0.05, 0.1) is 10.6 Å². The van der Waals surface area contributed by atoms with Crippen molar-refractivity contribution in [2.45, 2.75) is 12.8 Å². The molecule has 1 aromatic rings. The van der Waals surface area contributed by atoms with E-state index in [1.165, 1.54) is 6.07 Å². The minimum Gasteiger partial charge on any atom is -0.478 e. The van der Waals surface area contributed by atoms with Crippen LogP contribution in [-0.4, -0.2) is 30.1 Å². The number of carboxylic acids is 1. The first kappa shape index (κ1) is 13.7. The van der Waals surface area contributed by atoms with Crippen molar-refractivity contribution >= 4 is 29.2 Å². The van der Waals surface area contributed by atoms with Crippen LogP contribution in [0.2, 0.25) is 5.02 Å². The SMILES string of the molecule is NC(=O)C1CCN(c2ccc(C(=O)O)c(Cl)c2)CC1. The fourth-order valence-electron chi connectivity index (χ4n) is 2.30. The van der Waals surface area contributed by atoms with Gasteiger partial charge in [0.25, 0.3) is 0 Å². The number of piperidine rings is 1. The number of carbonyl (C=O) groups is 2. The van der Waals surface area contributed by atoms with Crippen molar-refractivity contribution < 1.29 is 14.7 Å². The van der Waals surface area contributed by atoms with E-state index < -0.39 is 5.97 Å². The maximum atomic E-state index is 11.1. The average Bonchev–Trinajstić information content (AvgIpc) is 2.38. The van der Waals surface area contributed by atoms with E-state index in [1.54, 1.807) is 12.1 Å². The Morgan fingerprint density at radius 1 is 1.32 bits per heavy atom. The Labute approximate surface area is 116 Å². The van der Waals surface area contributed by atoms with Crippen molar-refractivity contribution in [2.75, 3.05) is 18.0 Å². The largest absolute Gasteiger partial charge is 0.478 e. The van der Waals surface area contributed by atoms with Crippen molar-refractivity contribution in [3.8, 4) is 0 Å². The van der Waals surface area contributed by atoms with Crippen LogP contribution in [0.5, 0.6) is 0 Å². The summed E-state index contributed by atoms with van der Waals surface area (Å²) in [5, 5.41) is 9.14. The van der Waals surface area contributed by atoms with Crippen LogP contribution in [0.3, 0.4) is 0 Å². The minimum absolute atomic E-state index is 0.0648. The fourth-order valence-corrected chi connectivity index (χ4v) is 2.55. The molecule has 1 aliphatic rings. The highest BCUT2D eigenvalue weighted by Crippen LogP contribution is 2.27. The van der Waals surface area contributed by atoms with Gasteiger partial charge in [-0.05, 0) is 31.0 Å². The van der Waals surface area contributed by atoms with E-state index in [9.17, 15) is 9.59 Å². The topological polar surface area (TPSA) is 83.6 Å². The molecule has 1 saturated heterocycles. The van der Waals surface area contributed by atoms with Crippen molar-refractivity contribution in [1.29, 1.82) is 0 Å². The molecule has 6 heteroatoms. The smallest absolute Gasteiger partial charge is 0.337 e. The number of carbonyl (C=O) groups excluding carboxylic acids is 1. The average molecular weight is 283 g/mol. The van der Waals surface area contributed by atoms with E-state index in [1.807, 2.05) is 0 Å². The fraction of sp³-hybridized carbons (Fsp3) is 0.385. The Bertz CT molecular complexity index is 511. The predicted molar refractivity (Wildman–Crippen MR) is 72.5 cm³/mol. The van der Waals surface area contributed by atoms with Gasteiger partial charge < -0.3 is 15.7 Å². The van der Waals surface area contributed by atoms with E-state index in [2.05, 4.69) is 4.90 Å². The predicted octanol–water partition coefficient (Wildman–Crippen LogP) is 1.74. The lowest BCUT2D eigenvalue weighted by molar-refractivity contribution is -0.122. The van der Waals surface area contributed by atoms with Gasteiger partial charge in [-0.25, -0.2) is 4.79 Å². The van der Waals surface area contributed by atoms with Crippen LogP contribution in [0.4, 0.5) is 5.69 Å². The standard InChI is InChI=1S/C13H15ClN2O3/c14-11-7-9(1-2-10(11)13(18)19)16-5-3-8(4-6-16)12(15)17/h1-2,7-8H,3-6H2,(H2,15,17)(H,18,19). The quantitative estimate of drug-likeness (QED) is 0.884. The van der Waals surface area contributed by atoms with Crippen molar-refractivity contribution in [3.63, 3.8) is 0 Å². The number of rotatable bonds is 3. The summed E-state index contributed by atoms with van der Waals surface area (Å²) >= 11 is 5.94. The van der Waals surface area contributed by atoms with Crippen LogP contribution in [-0.2, 0) is 4.79 Å². The van der Waals surface area contributed by atoms with Crippen molar-refractivity contribution in [3.05, 3.63) is 28.8 Å². The minimum atomic E-state index is -1.04. The number of aromatic carboxylic acids is 1. The zero-order chi connectivity index (χ0) is 14.0. The molecule has 1 aromatic carbocycles. The van der Waals surface area contributed by atoms with Crippen molar-refractivity contribution in [1.82, 2.24) is 0 Å². The number of carboxylic acid groups (broad SMARTS) is 1. The van der Waals surface area contributed by atoms with Gasteiger partial charge in [0.2, 0.25) is 5.91 Å². The third kappa shape index (κ3) is 2.98. The van der Waals surface area contributed by atoms with Crippen LogP contribution < -0.4 is 10.6 Å². The molecule has 5 nitrogen and oxygen atoms in total. The summed E-state index contributed by atoms with van der Waals surface area (Å²) in [5.41, 5.74) is 6.25. The summed E-state index contributed by atoms with van der Waals surface area (Å²) in [6.07, 6.45) is 1.43. The number of benzene rings is 1. The molecule has 0 saturated carbocycles. The van der Waals surface area contributed by atoms with Crippen molar-refractivity contribution in [2.24, 2.45) is 11.7 Å². The molecule has 1 fully saturated rings. The highest BCUT2D eigenvalue weighted by molar-refractivity contribution is 6.33. The lowest BCUT2D eigenvalue weighted by Gasteiger charge is -2.32. The van der Waals surface area contributed by atoms with E-state index in [-0.39, 0.29) is 22.4 Å². The second-order valence-corrected chi connectivity index (χ2v) is 5.04. The van der Waals surface area contributed by atoms with Gasteiger partial charge in [-0.2, -0.15) is 0 Å². The van der Waals surface area contributed by atoms with Gasteiger partial charge in [-0.15, -0.1) is 0 Å². The Morgan fingerprint density at radius 2 is 1.95 bits per heavy atom. The third-order valence-corrected chi connectivity index (χ3v) is 3.76. The molecular formula is C13H15ClN2O3. The van der Waals surface area contributed by atoms with Crippen LogP contribution in [0, 0.1) is 5.92 Å². The Hall–Kier alpha value is -1.75. The second kappa shape index (κ2) is 5.48. The van der Waals surface area contributed by atoms with E-state index >= 15 is 0 Å². The monoisotopic (exact) mass is 282 g/mol. The maximum Gasteiger partial charge on any atom is 0.337 e. The summed E-state index contributed by atoms with van der Waals surface area (Å²) < 4.78 is 0. The molecule has 0 unspecified atom stereocenters. The zero-order valence-corrected chi connectivity index (χ0v) is 11.1. The second-order valence-electron chi connectivity index (χ2n) is 4.63. The molecule has 1 aliphatic heterocycles. The molecule has 0 aromatic heterocycles. The number of halogens is 1. The van der Waals surface area contributed by atoms with E-state index in [4.69, 9.17) is 22.4 Å². The number of primary amides is 1. The first-order valence-corrected chi connectivity index (χ1v) is 6.44. The Balaban J connectivity index is 2.10. The number of amides is 1. The molecule has 0 radical (unpaired) electrons. The van der Waals surface area contributed by atoms with Gasteiger partial charge in [0.1, 0.15) is 0 Å². The van der Waals surface area contributed by atoms with E-state index in [0.29, 0.717) is 12.8 Å². The molecule has 0 spiro atoms. The number of nitrogens with zero attached hydrogens (tertiary/aromatic N) is 1. The molecule has 1 heterocycles. The van der Waals surface area contributed by atoms with Gasteiger partial charge in [0, 0.05) is 24.7 Å². The summed E-state index contributed by atoms with van der Waals surface area (Å²) in [6.45, 7) is 1.44. The normalized spacial score (nSPS) is 16.4. The third-order valence-electron chi connectivity index (χ3n) is 3.45.